The predicted octanol–water partition coefficient (Wildman–Crippen LogP) is 3.73. The maximum absolute atomic E-state index is 12.6. The Morgan fingerprint density at radius 3 is 2.37 bits per heavy atom. The van der Waals surface area contributed by atoms with Crippen molar-refractivity contribution in [2.75, 3.05) is 58.2 Å². The fourth-order valence-corrected chi connectivity index (χ4v) is 3.76. The number of ether oxygens (including phenoxy) is 2. The van der Waals surface area contributed by atoms with Crippen LogP contribution in [0.2, 0.25) is 0 Å². The molecular weight excluding hydrogens is 380 g/mol. The first kappa shape index (κ1) is 21.8. The lowest BCUT2D eigenvalue weighted by Gasteiger charge is -2.28. The van der Waals surface area contributed by atoms with Gasteiger partial charge in [-0.1, -0.05) is 12.1 Å². The van der Waals surface area contributed by atoms with E-state index in [9.17, 15) is 4.79 Å². The van der Waals surface area contributed by atoms with Crippen molar-refractivity contribution >= 4 is 17.4 Å². The number of benzene rings is 2. The number of hydrogen-bond donors (Lipinski definition) is 2. The molecule has 1 heterocycles. The molecule has 1 fully saturated rings. The molecule has 7 heteroatoms. The van der Waals surface area contributed by atoms with E-state index in [0.717, 1.165) is 18.8 Å². The molecule has 7 nitrogen and oxygen atoms in total. The molecule has 0 bridgehead atoms. The summed E-state index contributed by atoms with van der Waals surface area (Å²) in [6.07, 6.45) is 2.39. The van der Waals surface area contributed by atoms with Gasteiger partial charge in [0.1, 0.15) is 11.5 Å². The monoisotopic (exact) mass is 412 g/mol. The molecule has 0 spiro atoms. The minimum atomic E-state index is -0.257. The number of anilines is 2. The lowest BCUT2D eigenvalue weighted by Crippen LogP contribution is -2.38. The smallest absolute Gasteiger partial charge is 0.319 e. The van der Waals surface area contributed by atoms with Gasteiger partial charge in [0.25, 0.3) is 0 Å². The van der Waals surface area contributed by atoms with Gasteiger partial charge in [-0.25, -0.2) is 4.79 Å². The average Bonchev–Trinajstić information content (AvgIpc) is 3.29. The van der Waals surface area contributed by atoms with E-state index in [1.165, 1.54) is 18.4 Å². The molecule has 2 amide bonds. The topological polar surface area (TPSA) is 66.1 Å². The summed E-state index contributed by atoms with van der Waals surface area (Å²) in [4.78, 5) is 17.1. The minimum absolute atomic E-state index is 0.146. The number of likely N-dealkylation sites (tertiary alicyclic amines) is 1. The molecule has 0 saturated carbocycles. The summed E-state index contributed by atoms with van der Waals surface area (Å²) >= 11 is 0. The first-order chi connectivity index (χ1) is 14.5. The molecule has 162 valence electrons. The summed E-state index contributed by atoms with van der Waals surface area (Å²) in [7, 11) is 7.23. The Bertz CT molecular complexity index is 833. The molecule has 1 saturated heterocycles. The average molecular weight is 413 g/mol. The highest BCUT2D eigenvalue weighted by Crippen LogP contribution is 2.29. The molecule has 0 aliphatic carbocycles. The van der Waals surface area contributed by atoms with E-state index < -0.39 is 0 Å². The second-order valence-electron chi connectivity index (χ2n) is 7.65. The number of hydrogen-bond acceptors (Lipinski definition) is 5. The number of methoxy groups -OCH3 is 2. The van der Waals surface area contributed by atoms with Crippen LogP contribution in [0, 0.1) is 0 Å². The largest absolute Gasteiger partial charge is 0.497 e. The van der Waals surface area contributed by atoms with Crippen LogP contribution < -0.4 is 25.0 Å². The Morgan fingerprint density at radius 1 is 1.07 bits per heavy atom. The van der Waals surface area contributed by atoms with Crippen LogP contribution in [-0.2, 0) is 0 Å². The number of rotatable bonds is 8. The highest BCUT2D eigenvalue weighted by molar-refractivity contribution is 5.91. The predicted molar refractivity (Wildman–Crippen MR) is 121 cm³/mol. The van der Waals surface area contributed by atoms with Crippen LogP contribution in [0.4, 0.5) is 16.2 Å². The normalized spacial score (nSPS) is 14.8. The van der Waals surface area contributed by atoms with Gasteiger partial charge in [-0.15, -0.1) is 0 Å². The molecule has 3 rings (SSSR count). The molecule has 0 radical (unpaired) electrons. The zero-order valence-corrected chi connectivity index (χ0v) is 18.3. The van der Waals surface area contributed by atoms with E-state index in [0.29, 0.717) is 23.7 Å². The number of nitrogens with zero attached hydrogens (tertiary/aromatic N) is 2. The maximum Gasteiger partial charge on any atom is 0.319 e. The van der Waals surface area contributed by atoms with Crippen LogP contribution in [0.3, 0.4) is 0 Å². The van der Waals surface area contributed by atoms with Crippen LogP contribution in [0.5, 0.6) is 11.5 Å². The van der Waals surface area contributed by atoms with Crippen molar-refractivity contribution in [1.82, 2.24) is 10.2 Å². The number of carbonyl (C=O) groups excluding carboxylic acids is 1. The summed E-state index contributed by atoms with van der Waals surface area (Å²) < 4.78 is 10.6. The Hall–Kier alpha value is -2.93. The second-order valence-corrected chi connectivity index (χ2v) is 7.65. The number of urea groups is 1. The van der Waals surface area contributed by atoms with Gasteiger partial charge in [-0.3, -0.25) is 4.90 Å². The lowest BCUT2D eigenvalue weighted by molar-refractivity contribution is 0.227. The third-order valence-corrected chi connectivity index (χ3v) is 5.49. The van der Waals surface area contributed by atoms with Gasteiger partial charge in [0.15, 0.2) is 0 Å². The Labute approximate surface area is 179 Å². The standard InChI is InChI=1S/C23H32N4O3/c1-26(2)18-9-7-17(8-10-18)21(27-13-5-6-14-27)16-24-23(28)25-20-12-11-19(29-3)15-22(20)30-4/h7-12,15,21H,5-6,13-14,16H2,1-4H3,(H2,24,25,28). The van der Waals surface area contributed by atoms with Gasteiger partial charge in [0, 0.05) is 32.4 Å². The molecule has 30 heavy (non-hydrogen) atoms. The summed E-state index contributed by atoms with van der Waals surface area (Å²) in [6, 6.07) is 13.8. The molecule has 1 atom stereocenters. The highest BCUT2D eigenvalue weighted by atomic mass is 16.5. The molecule has 2 aromatic rings. The van der Waals surface area contributed by atoms with Crippen LogP contribution in [-0.4, -0.2) is 58.9 Å². The van der Waals surface area contributed by atoms with E-state index in [2.05, 4.69) is 44.7 Å². The Balaban J connectivity index is 1.67. The third kappa shape index (κ3) is 5.36. The lowest BCUT2D eigenvalue weighted by atomic mass is 10.0. The fourth-order valence-electron chi connectivity index (χ4n) is 3.76. The minimum Gasteiger partial charge on any atom is -0.497 e. The second kappa shape index (κ2) is 10.2. The van der Waals surface area contributed by atoms with Gasteiger partial charge < -0.3 is 25.0 Å². The summed E-state index contributed by atoms with van der Waals surface area (Å²) in [5.74, 6) is 1.23. The van der Waals surface area contributed by atoms with E-state index in [1.807, 2.05) is 14.1 Å². The van der Waals surface area contributed by atoms with Crippen LogP contribution >= 0.6 is 0 Å². The quantitative estimate of drug-likeness (QED) is 0.692. The van der Waals surface area contributed by atoms with Crippen molar-refractivity contribution < 1.29 is 14.3 Å². The SMILES string of the molecule is COc1ccc(NC(=O)NCC(c2ccc(N(C)C)cc2)N2CCCC2)c(OC)c1. The van der Waals surface area contributed by atoms with Crippen molar-refractivity contribution in [2.45, 2.75) is 18.9 Å². The van der Waals surface area contributed by atoms with Crippen molar-refractivity contribution in [3.05, 3.63) is 48.0 Å². The van der Waals surface area contributed by atoms with Crippen molar-refractivity contribution in [3.8, 4) is 11.5 Å². The first-order valence-electron chi connectivity index (χ1n) is 10.3. The van der Waals surface area contributed by atoms with Gasteiger partial charge in [-0.2, -0.15) is 0 Å². The number of nitrogens with one attached hydrogen (secondary N) is 2. The van der Waals surface area contributed by atoms with E-state index >= 15 is 0 Å². The molecule has 0 aromatic heterocycles. The van der Waals surface area contributed by atoms with Crippen molar-refractivity contribution in [1.29, 1.82) is 0 Å². The third-order valence-electron chi connectivity index (χ3n) is 5.49. The van der Waals surface area contributed by atoms with E-state index in [4.69, 9.17) is 9.47 Å². The first-order valence-corrected chi connectivity index (χ1v) is 10.3. The zero-order valence-electron chi connectivity index (χ0n) is 18.3. The number of carbonyl (C=O) groups is 1. The molecule has 2 aromatic carbocycles. The Morgan fingerprint density at radius 2 is 1.77 bits per heavy atom. The van der Waals surface area contributed by atoms with Crippen LogP contribution in [0.15, 0.2) is 42.5 Å². The maximum atomic E-state index is 12.6. The van der Waals surface area contributed by atoms with Gasteiger partial charge in [0.05, 0.1) is 25.9 Å². The van der Waals surface area contributed by atoms with Crippen LogP contribution in [0.25, 0.3) is 0 Å². The molecule has 2 N–H and O–H groups in total. The summed E-state index contributed by atoms with van der Waals surface area (Å²) in [5, 5.41) is 5.91. The summed E-state index contributed by atoms with van der Waals surface area (Å²) in [5.41, 5.74) is 2.98. The molecular formula is C23H32N4O3. The van der Waals surface area contributed by atoms with Crippen LogP contribution in [0.1, 0.15) is 24.4 Å². The Kier molecular flexibility index (Phi) is 7.41. The van der Waals surface area contributed by atoms with Gasteiger partial charge in [0.2, 0.25) is 0 Å². The van der Waals surface area contributed by atoms with Gasteiger partial charge >= 0.3 is 6.03 Å². The number of amides is 2. The fraction of sp³-hybridized carbons (Fsp3) is 0.435. The van der Waals surface area contributed by atoms with Crippen molar-refractivity contribution in [3.63, 3.8) is 0 Å². The molecule has 1 aliphatic rings. The highest BCUT2D eigenvalue weighted by Gasteiger charge is 2.24. The molecule has 1 unspecified atom stereocenters. The van der Waals surface area contributed by atoms with Gasteiger partial charge in [-0.05, 0) is 55.8 Å². The zero-order chi connectivity index (χ0) is 21.5. The van der Waals surface area contributed by atoms with E-state index in [1.54, 1.807) is 32.4 Å². The summed E-state index contributed by atoms with van der Waals surface area (Å²) in [6.45, 7) is 2.64. The van der Waals surface area contributed by atoms with Crippen molar-refractivity contribution in [2.24, 2.45) is 0 Å². The van der Waals surface area contributed by atoms with E-state index in [-0.39, 0.29) is 12.1 Å². The molecule has 1 aliphatic heterocycles.